The molecule has 3 heterocycles. The molecule has 0 radical (unpaired) electrons. The Labute approximate surface area is 140 Å². The number of likely N-dealkylation sites (tertiary alicyclic amines) is 1. The molecule has 126 valence electrons. The molecule has 2 saturated heterocycles. The molecule has 2 aromatic rings. The van der Waals surface area contributed by atoms with Crippen molar-refractivity contribution in [2.45, 2.75) is 25.4 Å². The van der Waals surface area contributed by atoms with Gasteiger partial charge in [-0.05, 0) is 41.9 Å². The third kappa shape index (κ3) is 2.96. The SMILES string of the molecule is O=C1NCCN1[C@@H]1CCCN(Cc2nnnn2-c2ccccc2)C1. The Morgan fingerprint density at radius 2 is 2.08 bits per heavy atom. The largest absolute Gasteiger partial charge is 0.336 e. The normalized spacial score (nSPS) is 21.9. The summed E-state index contributed by atoms with van der Waals surface area (Å²) in [6, 6.07) is 10.3. The lowest BCUT2D eigenvalue weighted by Gasteiger charge is -2.36. The maximum atomic E-state index is 11.9. The monoisotopic (exact) mass is 327 g/mol. The molecule has 2 fully saturated rings. The summed E-state index contributed by atoms with van der Waals surface area (Å²) in [5.74, 6) is 0.827. The molecule has 1 N–H and O–H groups in total. The van der Waals surface area contributed by atoms with Gasteiger partial charge in [0.15, 0.2) is 5.82 Å². The van der Waals surface area contributed by atoms with E-state index in [1.54, 1.807) is 4.68 Å². The van der Waals surface area contributed by atoms with E-state index in [0.29, 0.717) is 6.54 Å². The quantitative estimate of drug-likeness (QED) is 0.892. The molecule has 2 aliphatic heterocycles. The van der Waals surface area contributed by atoms with E-state index in [-0.39, 0.29) is 12.1 Å². The highest BCUT2D eigenvalue weighted by Gasteiger charge is 2.31. The molecule has 8 heteroatoms. The molecule has 24 heavy (non-hydrogen) atoms. The van der Waals surface area contributed by atoms with Gasteiger partial charge >= 0.3 is 6.03 Å². The van der Waals surface area contributed by atoms with Gasteiger partial charge in [0.1, 0.15) is 0 Å². The van der Waals surface area contributed by atoms with Crippen LogP contribution in [0.3, 0.4) is 0 Å². The standard InChI is InChI=1S/C16H21N7O/c24-16-17-8-10-22(16)14-7-4-9-21(11-14)12-15-18-19-20-23(15)13-5-2-1-3-6-13/h1-3,5-6,14H,4,7-12H2,(H,17,24)/t14-/m1/s1. The second kappa shape index (κ2) is 6.56. The lowest BCUT2D eigenvalue weighted by molar-refractivity contribution is 0.119. The molecular formula is C16H21N7O. The second-order valence-electron chi connectivity index (χ2n) is 6.30. The molecule has 0 bridgehead atoms. The van der Waals surface area contributed by atoms with Crippen LogP contribution in [0.25, 0.3) is 5.69 Å². The minimum atomic E-state index is 0.0657. The molecule has 2 amide bonds. The van der Waals surface area contributed by atoms with Crippen molar-refractivity contribution < 1.29 is 4.79 Å². The highest BCUT2D eigenvalue weighted by Crippen LogP contribution is 2.19. The van der Waals surface area contributed by atoms with Gasteiger partial charge in [-0.15, -0.1) is 5.10 Å². The van der Waals surface area contributed by atoms with Gasteiger partial charge in [-0.1, -0.05) is 18.2 Å². The van der Waals surface area contributed by atoms with Crippen molar-refractivity contribution in [1.29, 1.82) is 0 Å². The third-order valence-corrected chi connectivity index (χ3v) is 4.71. The van der Waals surface area contributed by atoms with Gasteiger partial charge in [-0.2, -0.15) is 4.68 Å². The van der Waals surface area contributed by atoms with Crippen LogP contribution in [0.4, 0.5) is 4.79 Å². The van der Waals surface area contributed by atoms with Crippen LogP contribution in [0.15, 0.2) is 30.3 Å². The van der Waals surface area contributed by atoms with Crippen molar-refractivity contribution in [3.05, 3.63) is 36.2 Å². The van der Waals surface area contributed by atoms with E-state index in [9.17, 15) is 4.79 Å². The molecule has 0 spiro atoms. The summed E-state index contributed by atoms with van der Waals surface area (Å²) in [7, 11) is 0. The molecular weight excluding hydrogens is 306 g/mol. The van der Waals surface area contributed by atoms with E-state index in [1.807, 2.05) is 35.2 Å². The lowest BCUT2D eigenvalue weighted by atomic mass is 10.0. The average Bonchev–Trinajstić information content (AvgIpc) is 3.25. The number of carbonyl (C=O) groups is 1. The summed E-state index contributed by atoms with van der Waals surface area (Å²) in [6.07, 6.45) is 2.15. The smallest absolute Gasteiger partial charge is 0.317 e. The van der Waals surface area contributed by atoms with Gasteiger partial charge in [0, 0.05) is 25.7 Å². The van der Waals surface area contributed by atoms with Gasteiger partial charge in [-0.25, -0.2) is 4.79 Å². The topological polar surface area (TPSA) is 79.2 Å². The van der Waals surface area contributed by atoms with Crippen LogP contribution >= 0.6 is 0 Å². The number of benzene rings is 1. The number of aromatic nitrogens is 4. The number of piperidine rings is 1. The van der Waals surface area contributed by atoms with E-state index >= 15 is 0 Å². The predicted molar refractivity (Wildman–Crippen MR) is 87.6 cm³/mol. The predicted octanol–water partition coefficient (Wildman–Crippen LogP) is 0.652. The molecule has 0 unspecified atom stereocenters. The Bertz CT molecular complexity index is 701. The zero-order valence-corrected chi connectivity index (χ0v) is 13.5. The molecule has 8 nitrogen and oxygen atoms in total. The number of hydrogen-bond acceptors (Lipinski definition) is 5. The molecule has 1 aromatic carbocycles. The zero-order chi connectivity index (χ0) is 16.4. The fourth-order valence-corrected chi connectivity index (χ4v) is 3.54. The Kier molecular flexibility index (Phi) is 4.12. The van der Waals surface area contributed by atoms with E-state index < -0.39 is 0 Å². The summed E-state index contributed by atoms with van der Waals surface area (Å²) >= 11 is 0. The third-order valence-electron chi connectivity index (χ3n) is 4.71. The first kappa shape index (κ1) is 15.1. The van der Waals surface area contributed by atoms with Gasteiger partial charge in [0.25, 0.3) is 0 Å². The van der Waals surface area contributed by atoms with Crippen LogP contribution in [0, 0.1) is 0 Å². The van der Waals surface area contributed by atoms with Crippen LogP contribution in [0.1, 0.15) is 18.7 Å². The first-order chi connectivity index (χ1) is 11.8. The highest BCUT2D eigenvalue weighted by atomic mass is 16.2. The summed E-state index contributed by atoms with van der Waals surface area (Å²) < 4.78 is 1.78. The Balaban J connectivity index is 1.46. The Morgan fingerprint density at radius 3 is 2.88 bits per heavy atom. The fraction of sp³-hybridized carbons (Fsp3) is 0.500. The first-order valence-electron chi connectivity index (χ1n) is 8.41. The Morgan fingerprint density at radius 1 is 1.21 bits per heavy atom. The fourth-order valence-electron chi connectivity index (χ4n) is 3.54. The van der Waals surface area contributed by atoms with Crippen molar-refractivity contribution in [2.24, 2.45) is 0 Å². The maximum Gasteiger partial charge on any atom is 0.317 e. The van der Waals surface area contributed by atoms with Crippen LogP contribution in [0.5, 0.6) is 0 Å². The highest BCUT2D eigenvalue weighted by molar-refractivity contribution is 5.76. The van der Waals surface area contributed by atoms with Crippen LogP contribution in [-0.4, -0.2) is 68.3 Å². The summed E-state index contributed by atoms with van der Waals surface area (Å²) in [5, 5.41) is 15.0. The molecule has 0 aliphatic carbocycles. The Hall–Kier alpha value is -2.48. The van der Waals surface area contributed by atoms with E-state index in [2.05, 4.69) is 25.7 Å². The van der Waals surface area contributed by atoms with Crippen molar-refractivity contribution >= 4 is 6.03 Å². The van der Waals surface area contributed by atoms with Gasteiger partial charge in [-0.3, -0.25) is 4.90 Å². The van der Waals surface area contributed by atoms with Crippen molar-refractivity contribution in [1.82, 2.24) is 35.3 Å². The van der Waals surface area contributed by atoms with E-state index in [4.69, 9.17) is 0 Å². The minimum Gasteiger partial charge on any atom is -0.336 e. The number of nitrogens with zero attached hydrogens (tertiary/aromatic N) is 6. The van der Waals surface area contributed by atoms with Gasteiger partial charge in [0.05, 0.1) is 12.2 Å². The van der Waals surface area contributed by atoms with Crippen molar-refractivity contribution in [3.8, 4) is 5.69 Å². The number of hydrogen-bond donors (Lipinski definition) is 1. The lowest BCUT2D eigenvalue weighted by Crippen LogP contribution is -2.48. The average molecular weight is 327 g/mol. The van der Waals surface area contributed by atoms with Crippen LogP contribution in [-0.2, 0) is 6.54 Å². The van der Waals surface area contributed by atoms with Gasteiger partial charge < -0.3 is 10.2 Å². The number of carbonyl (C=O) groups excluding carboxylic acids is 1. The number of nitrogens with one attached hydrogen (secondary N) is 1. The first-order valence-corrected chi connectivity index (χ1v) is 8.41. The van der Waals surface area contributed by atoms with Crippen molar-refractivity contribution in [3.63, 3.8) is 0 Å². The van der Waals surface area contributed by atoms with Crippen LogP contribution in [0.2, 0.25) is 0 Å². The maximum absolute atomic E-state index is 11.9. The number of rotatable bonds is 4. The summed E-state index contributed by atoms with van der Waals surface area (Å²) in [6.45, 7) is 4.12. The van der Waals surface area contributed by atoms with E-state index in [1.165, 1.54) is 0 Å². The summed E-state index contributed by atoms with van der Waals surface area (Å²) in [4.78, 5) is 16.2. The number of tetrazole rings is 1. The number of amides is 2. The van der Waals surface area contributed by atoms with E-state index in [0.717, 1.165) is 50.5 Å². The van der Waals surface area contributed by atoms with Crippen molar-refractivity contribution in [2.75, 3.05) is 26.2 Å². The second-order valence-corrected chi connectivity index (χ2v) is 6.30. The van der Waals surface area contributed by atoms with Gasteiger partial charge in [0.2, 0.25) is 0 Å². The number of para-hydroxylation sites is 1. The van der Waals surface area contributed by atoms with Crippen LogP contribution < -0.4 is 5.32 Å². The zero-order valence-electron chi connectivity index (χ0n) is 13.5. The molecule has 2 aliphatic rings. The summed E-state index contributed by atoms with van der Waals surface area (Å²) in [5.41, 5.74) is 0.963. The number of urea groups is 1. The minimum absolute atomic E-state index is 0.0657. The molecule has 4 rings (SSSR count). The molecule has 1 atom stereocenters. The molecule has 1 aromatic heterocycles. The molecule has 0 saturated carbocycles.